The molecule has 39 heavy (non-hydrogen) atoms. The van der Waals surface area contributed by atoms with Crippen LogP contribution in [0.1, 0.15) is 52.9 Å². The lowest BCUT2D eigenvalue weighted by molar-refractivity contribution is -0.0943. The van der Waals surface area contributed by atoms with Gasteiger partial charge in [0.15, 0.2) is 0 Å². The number of unbranched alkanes of at least 4 members (excludes halogenated alkanes) is 1. The second-order valence-electron chi connectivity index (χ2n) is 9.76. The van der Waals surface area contributed by atoms with E-state index in [1.165, 1.54) is 0 Å². The van der Waals surface area contributed by atoms with Crippen LogP contribution >= 0.6 is 0 Å². The second kappa shape index (κ2) is 13.2. The van der Waals surface area contributed by atoms with Crippen molar-refractivity contribution >= 4 is 11.0 Å². The number of fused-ring (bicyclic) bond motifs is 1. The average Bonchev–Trinajstić information content (AvgIpc) is 3.29. The monoisotopic (exact) mass is 541 g/mol. The molecule has 0 radical (unpaired) electrons. The molecule has 0 unspecified atom stereocenters. The van der Waals surface area contributed by atoms with E-state index in [2.05, 4.69) is 36.3 Å². The van der Waals surface area contributed by atoms with E-state index in [1.807, 2.05) is 30.3 Å². The van der Waals surface area contributed by atoms with Crippen LogP contribution in [0.4, 0.5) is 13.2 Å². The zero-order chi connectivity index (χ0) is 27.8. The third-order valence-corrected chi connectivity index (χ3v) is 7.00. The van der Waals surface area contributed by atoms with Crippen molar-refractivity contribution in [3.05, 3.63) is 65.9 Å². The first-order valence-electron chi connectivity index (χ1n) is 13.9. The lowest BCUT2D eigenvalue weighted by Crippen LogP contribution is -2.25. The van der Waals surface area contributed by atoms with Gasteiger partial charge in [0.05, 0.1) is 17.6 Å². The molecule has 1 heterocycles. The van der Waals surface area contributed by atoms with E-state index in [0.717, 1.165) is 79.7 Å². The first-order valence-corrected chi connectivity index (χ1v) is 13.9. The Hall–Kier alpha value is -3.26. The molecule has 5 nitrogen and oxygen atoms in total. The molecule has 1 aliphatic carbocycles. The van der Waals surface area contributed by atoms with Crippen LogP contribution in [0.25, 0.3) is 22.4 Å². The molecule has 1 aromatic heterocycles. The van der Waals surface area contributed by atoms with Gasteiger partial charge in [0.1, 0.15) is 23.1 Å². The molecule has 0 saturated heterocycles. The molecule has 0 amide bonds. The number of aryl methyl sites for hydroxylation is 1. The SMILES string of the molecule is CCCCn1c(-c2cccc(OC3=CCCC(C(F)(F)F)=C3)c2)nc2ccc(OCCCN(CC)CC)cc21. The Morgan fingerprint density at radius 1 is 1.00 bits per heavy atom. The lowest BCUT2D eigenvalue weighted by Gasteiger charge is -2.17. The maximum atomic E-state index is 13.2. The van der Waals surface area contributed by atoms with Crippen LogP contribution in [-0.4, -0.2) is 46.9 Å². The van der Waals surface area contributed by atoms with Crippen molar-refractivity contribution in [2.45, 2.75) is 65.6 Å². The molecule has 0 fully saturated rings. The summed E-state index contributed by atoms with van der Waals surface area (Å²) in [5, 5.41) is 0. The topological polar surface area (TPSA) is 39.5 Å². The number of allylic oxidation sites excluding steroid dienone is 3. The number of nitrogens with zero attached hydrogens (tertiary/aromatic N) is 3. The minimum atomic E-state index is -4.34. The quantitative estimate of drug-likeness (QED) is 0.205. The third-order valence-electron chi connectivity index (χ3n) is 7.00. The van der Waals surface area contributed by atoms with E-state index in [-0.39, 0.29) is 12.2 Å². The normalized spacial score (nSPS) is 14.0. The maximum absolute atomic E-state index is 13.2. The third kappa shape index (κ3) is 7.44. The summed E-state index contributed by atoms with van der Waals surface area (Å²) < 4.78 is 53.7. The van der Waals surface area contributed by atoms with E-state index in [0.29, 0.717) is 18.8 Å². The number of halogens is 3. The number of alkyl halides is 3. The Bertz CT molecular complexity index is 1310. The van der Waals surface area contributed by atoms with Crippen LogP contribution in [0.2, 0.25) is 0 Å². The highest BCUT2D eigenvalue weighted by atomic mass is 19.4. The minimum absolute atomic E-state index is 0.0283. The van der Waals surface area contributed by atoms with Gasteiger partial charge < -0.3 is 18.9 Å². The van der Waals surface area contributed by atoms with Gasteiger partial charge in [0.2, 0.25) is 0 Å². The summed E-state index contributed by atoms with van der Waals surface area (Å²) in [5.41, 5.74) is 2.15. The predicted molar refractivity (Wildman–Crippen MR) is 150 cm³/mol. The van der Waals surface area contributed by atoms with Gasteiger partial charge in [0.25, 0.3) is 0 Å². The Morgan fingerprint density at radius 3 is 2.56 bits per heavy atom. The number of hydrogen-bond donors (Lipinski definition) is 0. The van der Waals surface area contributed by atoms with E-state index in [4.69, 9.17) is 14.5 Å². The van der Waals surface area contributed by atoms with Gasteiger partial charge in [0, 0.05) is 30.3 Å². The Labute approximate surface area is 228 Å². The highest BCUT2D eigenvalue weighted by Crippen LogP contribution is 2.34. The summed E-state index contributed by atoms with van der Waals surface area (Å²) in [4.78, 5) is 7.30. The number of ether oxygens (including phenoxy) is 2. The van der Waals surface area contributed by atoms with Crippen LogP contribution in [0, 0.1) is 0 Å². The Balaban J connectivity index is 1.56. The van der Waals surface area contributed by atoms with Crippen LogP contribution in [0.5, 0.6) is 11.5 Å². The summed E-state index contributed by atoms with van der Waals surface area (Å²) in [7, 11) is 0. The van der Waals surface area contributed by atoms with Crippen LogP contribution in [-0.2, 0) is 6.54 Å². The van der Waals surface area contributed by atoms with Crippen molar-refractivity contribution in [1.29, 1.82) is 0 Å². The first-order chi connectivity index (χ1) is 18.8. The second-order valence-corrected chi connectivity index (χ2v) is 9.76. The van der Waals surface area contributed by atoms with Crippen LogP contribution in [0.15, 0.2) is 65.9 Å². The summed E-state index contributed by atoms with van der Waals surface area (Å²) in [6.45, 7) is 11.0. The molecule has 0 N–H and O–H groups in total. The van der Waals surface area contributed by atoms with Gasteiger partial charge in [-0.2, -0.15) is 13.2 Å². The molecule has 3 aromatic rings. The molecule has 0 spiro atoms. The van der Waals surface area contributed by atoms with E-state index < -0.39 is 11.7 Å². The maximum Gasteiger partial charge on any atom is 0.412 e. The first kappa shape index (κ1) is 28.7. The summed E-state index contributed by atoms with van der Waals surface area (Å²) >= 11 is 0. The van der Waals surface area contributed by atoms with E-state index in [1.54, 1.807) is 12.1 Å². The van der Waals surface area contributed by atoms with Gasteiger partial charge in [-0.15, -0.1) is 0 Å². The van der Waals surface area contributed by atoms with Gasteiger partial charge >= 0.3 is 6.18 Å². The minimum Gasteiger partial charge on any atom is -0.493 e. The number of benzene rings is 2. The van der Waals surface area contributed by atoms with Crippen molar-refractivity contribution in [1.82, 2.24) is 14.5 Å². The number of rotatable bonds is 13. The fourth-order valence-electron chi connectivity index (χ4n) is 4.78. The fourth-order valence-corrected chi connectivity index (χ4v) is 4.78. The van der Waals surface area contributed by atoms with Crippen LogP contribution in [0.3, 0.4) is 0 Å². The highest BCUT2D eigenvalue weighted by Gasteiger charge is 2.34. The molecule has 0 bridgehead atoms. The smallest absolute Gasteiger partial charge is 0.412 e. The van der Waals surface area contributed by atoms with E-state index >= 15 is 0 Å². The molecule has 4 rings (SSSR count). The molecule has 1 aliphatic rings. The summed E-state index contributed by atoms with van der Waals surface area (Å²) in [5.74, 6) is 2.31. The Morgan fingerprint density at radius 2 is 1.82 bits per heavy atom. The molecule has 0 saturated carbocycles. The number of aromatic nitrogens is 2. The highest BCUT2D eigenvalue weighted by molar-refractivity contribution is 5.82. The standard InChI is InChI=1S/C31H38F3N3O2/c1-4-7-18-37-29-22-25(38-19-10-17-36(5-2)6-3)15-16-28(29)35-30(37)23-11-8-13-26(20-23)39-27-14-9-12-24(21-27)31(32,33)34/h8,11,13-16,20-22H,4-7,9-10,12,17-19H2,1-3H3. The van der Waals surface area contributed by atoms with Crippen molar-refractivity contribution in [2.24, 2.45) is 0 Å². The predicted octanol–water partition coefficient (Wildman–Crippen LogP) is 8.16. The average molecular weight is 542 g/mol. The lowest BCUT2D eigenvalue weighted by atomic mass is 10.0. The van der Waals surface area contributed by atoms with Crippen LogP contribution < -0.4 is 9.47 Å². The molecule has 0 atom stereocenters. The molecular formula is C31H38F3N3O2. The largest absolute Gasteiger partial charge is 0.493 e. The summed E-state index contributed by atoms with van der Waals surface area (Å²) in [6.07, 6.45) is 1.70. The van der Waals surface area contributed by atoms with Crippen molar-refractivity contribution < 1.29 is 22.6 Å². The van der Waals surface area contributed by atoms with Crippen molar-refractivity contribution in [3.8, 4) is 22.9 Å². The van der Waals surface area contributed by atoms with Crippen molar-refractivity contribution in [3.63, 3.8) is 0 Å². The molecule has 2 aromatic carbocycles. The zero-order valence-electron chi connectivity index (χ0n) is 23.1. The number of hydrogen-bond acceptors (Lipinski definition) is 4. The van der Waals surface area contributed by atoms with Gasteiger partial charge in [-0.3, -0.25) is 0 Å². The van der Waals surface area contributed by atoms with Gasteiger partial charge in [-0.05, 0) is 75.2 Å². The van der Waals surface area contributed by atoms with E-state index in [9.17, 15) is 13.2 Å². The van der Waals surface area contributed by atoms with Gasteiger partial charge in [-0.25, -0.2) is 4.98 Å². The molecular weight excluding hydrogens is 503 g/mol. The fraction of sp³-hybridized carbons (Fsp3) is 0.452. The zero-order valence-corrected chi connectivity index (χ0v) is 23.1. The van der Waals surface area contributed by atoms with Gasteiger partial charge in [-0.1, -0.05) is 39.3 Å². The molecule has 8 heteroatoms. The van der Waals surface area contributed by atoms with Crippen molar-refractivity contribution in [2.75, 3.05) is 26.2 Å². The Kier molecular flexibility index (Phi) is 9.73. The molecule has 210 valence electrons. The molecule has 0 aliphatic heterocycles. The number of imidazole rings is 1. The summed E-state index contributed by atoms with van der Waals surface area (Å²) in [6, 6.07) is 13.4.